The van der Waals surface area contributed by atoms with Gasteiger partial charge in [0.15, 0.2) is 9.84 Å². The van der Waals surface area contributed by atoms with Crippen molar-refractivity contribution in [3.05, 3.63) is 90.1 Å². The molecule has 6 nitrogen and oxygen atoms in total. The molecule has 0 bridgehead atoms. The van der Waals surface area contributed by atoms with Crippen LogP contribution in [0.4, 0.5) is 5.69 Å². The maximum Gasteiger partial charge on any atom is 0.244 e. The van der Waals surface area contributed by atoms with Gasteiger partial charge in [0, 0.05) is 17.1 Å². The molecule has 1 N–H and O–H groups in total. The first-order valence-corrected chi connectivity index (χ1v) is 12.4. The molecule has 1 amide bonds. The molecule has 3 aromatic carbocycles. The van der Waals surface area contributed by atoms with E-state index in [1.807, 2.05) is 62.4 Å². The summed E-state index contributed by atoms with van der Waals surface area (Å²) >= 11 is 0. The fourth-order valence-corrected chi connectivity index (χ4v) is 5.53. The Morgan fingerprint density at radius 2 is 1.67 bits per heavy atom. The Balaban J connectivity index is 1.64. The number of carbonyl (C=O) groups is 1. The molecule has 7 heteroatoms. The fourth-order valence-electron chi connectivity index (χ4n) is 3.84. The number of aromatic nitrogens is 1. The zero-order chi connectivity index (χ0) is 23.4. The van der Waals surface area contributed by atoms with Crippen LogP contribution < -0.4 is 10.1 Å². The normalized spacial score (nSPS) is 11.5. The lowest BCUT2D eigenvalue weighted by molar-refractivity contribution is -0.116. The van der Waals surface area contributed by atoms with Crippen molar-refractivity contribution >= 4 is 32.3 Å². The summed E-state index contributed by atoms with van der Waals surface area (Å²) in [6.45, 7) is 4.24. The lowest BCUT2D eigenvalue weighted by Gasteiger charge is -2.12. The van der Waals surface area contributed by atoms with E-state index in [4.69, 9.17) is 4.74 Å². The minimum Gasteiger partial charge on any atom is -0.492 e. The Hall–Kier alpha value is -3.58. The van der Waals surface area contributed by atoms with E-state index in [0.717, 1.165) is 11.1 Å². The van der Waals surface area contributed by atoms with Gasteiger partial charge in [-0.05, 0) is 43.2 Å². The van der Waals surface area contributed by atoms with Crippen LogP contribution >= 0.6 is 0 Å². The van der Waals surface area contributed by atoms with Gasteiger partial charge in [-0.3, -0.25) is 4.79 Å². The second kappa shape index (κ2) is 9.50. The van der Waals surface area contributed by atoms with E-state index >= 15 is 0 Å². The first kappa shape index (κ1) is 22.6. The van der Waals surface area contributed by atoms with Crippen LogP contribution in [-0.4, -0.2) is 25.5 Å². The maximum absolute atomic E-state index is 13.3. The number of aryl methyl sites for hydroxylation is 1. The van der Waals surface area contributed by atoms with Gasteiger partial charge in [-0.2, -0.15) is 0 Å². The third kappa shape index (κ3) is 4.93. The van der Waals surface area contributed by atoms with Gasteiger partial charge in [0.25, 0.3) is 0 Å². The van der Waals surface area contributed by atoms with Crippen molar-refractivity contribution in [3.8, 4) is 5.75 Å². The van der Waals surface area contributed by atoms with Gasteiger partial charge in [-0.1, -0.05) is 54.6 Å². The minimum absolute atomic E-state index is 0.0269. The zero-order valence-corrected chi connectivity index (χ0v) is 19.4. The number of rotatable bonds is 8. The van der Waals surface area contributed by atoms with Crippen molar-refractivity contribution in [2.45, 2.75) is 31.0 Å². The summed E-state index contributed by atoms with van der Waals surface area (Å²) in [5.41, 5.74) is 2.96. The largest absolute Gasteiger partial charge is 0.492 e. The zero-order valence-electron chi connectivity index (χ0n) is 18.6. The fraction of sp³-hybridized carbons (Fsp3) is 0.192. The van der Waals surface area contributed by atoms with Crippen molar-refractivity contribution in [2.24, 2.45) is 0 Å². The van der Waals surface area contributed by atoms with Crippen LogP contribution in [0.1, 0.15) is 18.1 Å². The predicted molar refractivity (Wildman–Crippen MR) is 130 cm³/mol. The highest BCUT2D eigenvalue weighted by Gasteiger charge is 2.23. The van der Waals surface area contributed by atoms with E-state index in [1.54, 1.807) is 35.0 Å². The molecule has 170 valence electrons. The third-order valence-electron chi connectivity index (χ3n) is 5.47. The second-order valence-electron chi connectivity index (χ2n) is 7.80. The topological polar surface area (TPSA) is 77.4 Å². The summed E-state index contributed by atoms with van der Waals surface area (Å²) in [4.78, 5) is 13.1. The molecule has 0 aliphatic carbocycles. The Morgan fingerprint density at radius 1 is 0.970 bits per heavy atom. The van der Waals surface area contributed by atoms with E-state index in [1.165, 1.54) is 0 Å². The molecule has 0 aliphatic rings. The number of anilines is 1. The molecule has 4 aromatic rings. The summed E-state index contributed by atoms with van der Waals surface area (Å²) < 4.78 is 33.9. The molecule has 0 saturated carbocycles. The van der Waals surface area contributed by atoms with Gasteiger partial charge in [0.2, 0.25) is 5.91 Å². The number of amides is 1. The third-order valence-corrected chi connectivity index (χ3v) is 7.16. The number of benzene rings is 3. The van der Waals surface area contributed by atoms with Crippen LogP contribution in [0.15, 0.2) is 83.9 Å². The van der Waals surface area contributed by atoms with E-state index in [-0.39, 0.29) is 23.1 Å². The molecule has 0 fully saturated rings. The number of hydrogen-bond acceptors (Lipinski definition) is 4. The lowest BCUT2D eigenvalue weighted by atomic mass is 10.1. The molecular weight excluding hydrogens is 436 g/mol. The quantitative estimate of drug-likeness (QED) is 0.401. The smallest absolute Gasteiger partial charge is 0.244 e. The molecule has 0 unspecified atom stereocenters. The summed E-state index contributed by atoms with van der Waals surface area (Å²) in [7, 11) is -3.62. The van der Waals surface area contributed by atoms with Gasteiger partial charge >= 0.3 is 0 Å². The summed E-state index contributed by atoms with van der Waals surface area (Å²) in [5, 5.41) is 3.47. The van der Waals surface area contributed by atoms with E-state index in [0.29, 0.717) is 28.9 Å². The Bertz CT molecular complexity index is 1410. The number of sulfone groups is 1. The molecule has 1 heterocycles. The molecular formula is C26H26N2O4S. The van der Waals surface area contributed by atoms with Crippen molar-refractivity contribution in [1.29, 1.82) is 0 Å². The van der Waals surface area contributed by atoms with Crippen LogP contribution in [0.3, 0.4) is 0 Å². The first-order valence-electron chi connectivity index (χ1n) is 10.8. The first-order chi connectivity index (χ1) is 15.9. The predicted octanol–water partition coefficient (Wildman–Crippen LogP) is 4.96. The molecule has 0 aliphatic heterocycles. The van der Waals surface area contributed by atoms with E-state index in [2.05, 4.69) is 5.32 Å². The molecule has 0 spiro atoms. The molecule has 33 heavy (non-hydrogen) atoms. The van der Waals surface area contributed by atoms with E-state index < -0.39 is 9.84 Å². The Kier molecular flexibility index (Phi) is 6.51. The van der Waals surface area contributed by atoms with Crippen LogP contribution in [-0.2, 0) is 26.9 Å². The monoisotopic (exact) mass is 462 g/mol. The van der Waals surface area contributed by atoms with Crippen LogP contribution in [0, 0.1) is 6.92 Å². The number of fused-ring (bicyclic) bond motifs is 1. The molecule has 0 saturated heterocycles. The van der Waals surface area contributed by atoms with E-state index in [9.17, 15) is 13.2 Å². The Labute approximate surface area is 193 Å². The number of nitrogens with one attached hydrogen (secondary N) is 1. The highest BCUT2D eigenvalue weighted by molar-refractivity contribution is 7.90. The average Bonchev–Trinajstić information content (AvgIpc) is 3.16. The molecule has 1 aromatic heterocycles. The van der Waals surface area contributed by atoms with Crippen LogP contribution in [0.25, 0.3) is 10.9 Å². The van der Waals surface area contributed by atoms with Crippen molar-refractivity contribution in [3.63, 3.8) is 0 Å². The maximum atomic E-state index is 13.3. The average molecular weight is 463 g/mol. The second-order valence-corrected chi connectivity index (χ2v) is 9.76. The van der Waals surface area contributed by atoms with Gasteiger partial charge in [0.05, 0.1) is 22.9 Å². The van der Waals surface area contributed by atoms with Crippen molar-refractivity contribution in [1.82, 2.24) is 4.57 Å². The SMILES string of the molecule is CCOc1ccccc1NC(=O)Cn1cc(S(=O)(=O)Cc2ccccc2C)c2ccccc21. The molecule has 0 radical (unpaired) electrons. The van der Waals surface area contributed by atoms with Gasteiger partial charge in [0.1, 0.15) is 12.3 Å². The summed E-state index contributed by atoms with van der Waals surface area (Å²) in [6, 6.07) is 21.9. The molecule has 0 atom stereocenters. The van der Waals surface area contributed by atoms with Crippen LogP contribution in [0.5, 0.6) is 5.75 Å². The number of hydrogen-bond donors (Lipinski definition) is 1. The highest BCUT2D eigenvalue weighted by atomic mass is 32.2. The number of para-hydroxylation sites is 3. The van der Waals surface area contributed by atoms with Crippen molar-refractivity contribution < 1.29 is 17.9 Å². The van der Waals surface area contributed by atoms with Gasteiger partial charge < -0.3 is 14.6 Å². The van der Waals surface area contributed by atoms with Crippen LogP contribution in [0.2, 0.25) is 0 Å². The van der Waals surface area contributed by atoms with Gasteiger partial charge in [-0.25, -0.2) is 8.42 Å². The number of nitrogens with zero attached hydrogens (tertiary/aromatic N) is 1. The summed E-state index contributed by atoms with van der Waals surface area (Å²) in [6.07, 6.45) is 1.56. The standard InChI is InChI=1S/C26H26N2O4S/c1-3-32-24-15-9-7-13-22(24)27-26(29)17-28-16-25(21-12-6-8-14-23(21)28)33(30,31)18-20-11-5-4-10-19(20)2/h4-16H,3,17-18H2,1-2H3,(H,27,29). The minimum atomic E-state index is -3.62. The number of carbonyl (C=O) groups excluding carboxylic acids is 1. The summed E-state index contributed by atoms with van der Waals surface area (Å²) in [5.74, 6) is 0.222. The van der Waals surface area contributed by atoms with Gasteiger partial charge in [-0.15, -0.1) is 0 Å². The highest BCUT2D eigenvalue weighted by Crippen LogP contribution is 2.29. The molecule has 4 rings (SSSR count). The lowest BCUT2D eigenvalue weighted by Crippen LogP contribution is -2.18. The number of ether oxygens (including phenoxy) is 1. The Morgan fingerprint density at radius 3 is 2.45 bits per heavy atom. The van der Waals surface area contributed by atoms with Crippen molar-refractivity contribution in [2.75, 3.05) is 11.9 Å².